The second-order valence-corrected chi connectivity index (χ2v) is 23.2. The first kappa shape index (κ1) is 79.8. The summed E-state index contributed by atoms with van der Waals surface area (Å²) < 4.78 is 10.7. The summed E-state index contributed by atoms with van der Waals surface area (Å²) in [6.45, 7) is 3.92. The van der Waals surface area contributed by atoms with E-state index in [9.17, 15) is 14.7 Å². The van der Waals surface area contributed by atoms with Gasteiger partial charge in [0.25, 0.3) is 0 Å². The Morgan fingerprint density at radius 3 is 0.714 bits per heavy atom. The van der Waals surface area contributed by atoms with Crippen LogP contribution in [0.2, 0.25) is 0 Å². The number of aliphatic hydroxyl groups excluding tert-OH is 1. The lowest BCUT2D eigenvalue weighted by Gasteiger charge is -2.15. The third-order valence-electron chi connectivity index (χ3n) is 15.1. The molecule has 0 aromatic rings. The van der Waals surface area contributed by atoms with Crippen LogP contribution in [0, 0.1) is 0 Å². The molecule has 0 aliphatic rings. The van der Waals surface area contributed by atoms with Gasteiger partial charge in [-0.25, -0.2) is 0 Å². The number of aliphatic hydroxyl groups is 1. The van der Waals surface area contributed by atoms with Gasteiger partial charge in [-0.05, 0) is 116 Å². The van der Waals surface area contributed by atoms with Crippen LogP contribution >= 0.6 is 0 Å². The first-order chi connectivity index (χ1) is 41.6. The lowest BCUT2D eigenvalue weighted by Crippen LogP contribution is -2.28. The van der Waals surface area contributed by atoms with E-state index < -0.39 is 6.10 Å². The van der Waals surface area contributed by atoms with Crippen molar-refractivity contribution in [3.8, 4) is 0 Å². The summed E-state index contributed by atoms with van der Waals surface area (Å²) in [4.78, 5) is 24.7. The molecular weight excluding hydrogens is 1030 g/mol. The van der Waals surface area contributed by atoms with E-state index in [1.807, 2.05) is 0 Å². The van der Waals surface area contributed by atoms with Crippen molar-refractivity contribution in [2.75, 3.05) is 13.2 Å². The Hall–Kier alpha value is -4.22. The van der Waals surface area contributed by atoms with Gasteiger partial charge in [0.2, 0.25) is 0 Å². The molecule has 0 rings (SSSR count). The van der Waals surface area contributed by atoms with Gasteiger partial charge in [-0.3, -0.25) is 9.59 Å². The molecule has 1 atom stereocenters. The second-order valence-electron chi connectivity index (χ2n) is 23.2. The quantitative estimate of drug-likeness (QED) is 0.0373. The van der Waals surface area contributed by atoms with Crippen LogP contribution in [0.4, 0.5) is 0 Å². The van der Waals surface area contributed by atoms with Crippen LogP contribution in [0.5, 0.6) is 0 Å². The van der Waals surface area contributed by atoms with Gasteiger partial charge < -0.3 is 14.6 Å². The summed E-state index contributed by atoms with van der Waals surface area (Å²) in [6.07, 6.45) is 110. The zero-order valence-corrected chi connectivity index (χ0v) is 54.9. The van der Waals surface area contributed by atoms with Crippen molar-refractivity contribution in [1.82, 2.24) is 0 Å². The molecule has 0 aliphatic heterocycles. The van der Waals surface area contributed by atoms with Gasteiger partial charge in [-0.2, -0.15) is 0 Å². The second kappa shape index (κ2) is 73.0. The van der Waals surface area contributed by atoms with Crippen LogP contribution in [-0.2, 0) is 19.1 Å². The number of carbonyl (C=O) groups excluding carboxylic acids is 2. The number of hydrogen-bond acceptors (Lipinski definition) is 5. The Morgan fingerprint density at radius 1 is 0.274 bits per heavy atom. The summed E-state index contributed by atoms with van der Waals surface area (Å²) in [5.74, 6) is -0.603. The molecule has 0 heterocycles. The Labute approximate surface area is 520 Å². The Balaban J connectivity index is 3.49. The maximum atomic E-state index is 12.4. The lowest BCUT2D eigenvalue weighted by molar-refractivity contribution is -0.161. The number of allylic oxidation sites excluding steroid dienone is 24. The smallest absolute Gasteiger partial charge is 0.306 e. The summed E-state index contributed by atoms with van der Waals surface area (Å²) in [5.41, 5.74) is 0. The molecule has 0 bridgehead atoms. The zero-order valence-electron chi connectivity index (χ0n) is 54.9. The van der Waals surface area contributed by atoms with Gasteiger partial charge in [0.1, 0.15) is 6.61 Å². The van der Waals surface area contributed by atoms with Gasteiger partial charge in [0, 0.05) is 12.8 Å². The summed E-state index contributed by atoms with van der Waals surface area (Å²) >= 11 is 0. The summed E-state index contributed by atoms with van der Waals surface area (Å²) in [5, 5.41) is 9.70. The van der Waals surface area contributed by atoms with Crippen LogP contribution in [0.25, 0.3) is 0 Å². The molecule has 0 fully saturated rings. The van der Waals surface area contributed by atoms with E-state index in [0.29, 0.717) is 12.8 Å². The van der Waals surface area contributed by atoms with E-state index in [-0.39, 0.29) is 25.2 Å². The Morgan fingerprint density at radius 2 is 0.476 bits per heavy atom. The van der Waals surface area contributed by atoms with E-state index in [1.54, 1.807) is 0 Å². The fraction of sp³-hybridized carbons (Fsp3) is 0.671. The van der Waals surface area contributed by atoms with Crippen LogP contribution in [0.3, 0.4) is 0 Å². The minimum Gasteiger partial charge on any atom is -0.462 e. The van der Waals surface area contributed by atoms with Crippen LogP contribution in [0.15, 0.2) is 146 Å². The molecule has 1 unspecified atom stereocenters. The van der Waals surface area contributed by atoms with Crippen molar-refractivity contribution in [3.63, 3.8) is 0 Å². The summed E-state index contributed by atoms with van der Waals surface area (Å²) in [7, 11) is 0. The molecule has 0 spiro atoms. The molecule has 0 aliphatic carbocycles. The molecule has 84 heavy (non-hydrogen) atoms. The fourth-order valence-corrected chi connectivity index (χ4v) is 9.92. The van der Waals surface area contributed by atoms with E-state index >= 15 is 0 Å². The van der Waals surface area contributed by atoms with E-state index in [2.05, 4.69) is 160 Å². The molecule has 0 radical (unpaired) electrons. The van der Waals surface area contributed by atoms with Crippen LogP contribution in [0.1, 0.15) is 322 Å². The van der Waals surface area contributed by atoms with Crippen molar-refractivity contribution in [2.24, 2.45) is 0 Å². The average Bonchev–Trinajstić information content (AvgIpc) is 3.51. The highest BCUT2D eigenvalue weighted by molar-refractivity contribution is 5.70. The van der Waals surface area contributed by atoms with E-state index in [0.717, 1.165) is 122 Å². The van der Waals surface area contributed by atoms with Crippen LogP contribution in [-0.4, -0.2) is 36.4 Å². The first-order valence-corrected chi connectivity index (χ1v) is 35.4. The number of hydrogen-bond donors (Lipinski definition) is 1. The monoisotopic (exact) mass is 1160 g/mol. The minimum atomic E-state index is -0.790. The van der Waals surface area contributed by atoms with Gasteiger partial charge in [-0.15, -0.1) is 0 Å². The third kappa shape index (κ3) is 70.3. The maximum Gasteiger partial charge on any atom is 0.306 e. The standard InChI is InChI=1S/C79H132O5/c1-3-5-7-9-11-13-15-17-19-21-23-25-27-29-31-33-35-36-37-38-39-40-41-42-44-45-47-49-51-53-55-57-59-61-63-65-67-69-71-73-78(81)83-76-77(75-80)84-79(82)74-72-70-68-66-64-62-60-58-56-54-52-50-48-46-43-34-32-30-28-26-24-22-20-18-16-14-12-10-8-6-4-2/h5-8,11-14,17-20,23-26,30,32,43,46,50,52,56,58,77,80H,3-4,9-10,15-16,21-22,27-29,31,33-42,44-45,47-49,51,53-55,57,59-76H2,1-2H3/b7-5-,8-6-,13-11-,14-12-,19-17-,20-18-,25-23-,26-24-,32-30-,46-43-,52-50-,58-56-. The predicted octanol–water partition coefficient (Wildman–Crippen LogP) is 24.9. The SMILES string of the molecule is CC/C=C\C/C=C\C/C=C\C/C=C\C/C=C\C/C=C\C/C=C\C/C=C\CCCCCCCCC(=O)OC(CO)COC(=O)CCCCCCCCCCCCCCCCCCCCCCCCCCCC/C=C\C/C=C\C/C=C\C/C=C\CC. The molecule has 0 aromatic heterocycles. The Kier molecular flexibility index (Phi) is 69.4. The highest BCUT2D eigenvalue weighted by Crippen LogP contribution is 2.18. The third-order valence-corrected chi connectivity index (χ3v) is 15.1. The number of ether oxygens (including phenoxy) is 2. The highest BCUT2D eigenvalue weighted by Gasteiger charge is 2.16. The summed E-state index contributed by atoms with van der Waals surface area (Å²) in [6, 6.07) is 0. The number of unbranched alkanes of at least 4 members (excludes halogenated alkanes) is 32. The number of rotatable bonds is 64. The molecule has 0 aromatic carbocycles. The maximum absolute atomic E-state index is 12.4. The van der Waals surface area contributed by atoms with Gasteiger partial charge in [-0.1, -0.05) is 339 Å². The molecule has 5 nitrogen and oxygen atoms in total. The van der Waals surface area contributed by atoms with Gasteiger partial charge >= 0.3 is 11.9 Å². The van der Waals surface area contributed by atoms with Gasteiger partial charge in [0.15, 0.2) is 6.10 Å². The molecule has 0 amide bonds. The van der Waals surface area contributed by atoms with Crippen LogP contribution < -0.4 is 0 Å². The molecule has 0 saturated heterocycles. The topological polar surface area (TPSA) is 72.8 Å². The zero-order chi connectivity index (χ0) is 60.5. The van der Waals surface area contributed by atoms with Crippen molar-refractivity contribution in [2.45, 2.75) is 328 Å². The predicted molar refractivity (Wildman–Crippen MR) is 371 cm³/mol. The average molecular weight is 1160 g/mol. The first-order valence-electron chi connectivity index (χ1n) is 35.4. The highest BCUT2D eigenvalue weighted by atomic mass is 16.6. The van der Waals surface area contributed by atoms with E-state index in [1.165, 1.54) is 173 Å². The van der Waals surface area contributed by atoms with Crippen molar-refractivity contribution < 1.29 is 24.2 Å². The molecule has 0 saturated carbocycles. The Bertz CT molecular complexity index is 1750. The molecule has 478 valence electrons. The molecule has 1 N–H and O–H groups in total. The fourth-order valence-electron chi connectivity index (χ4n) is 9.92. The number of carbonyl (C=O) groups is 2. The van der Waals surface area contributed by atoms with Crippen molar-refractivity contribution in [3.05, 3.63) is 146 Å². The number of esters is 2. The molecule has 5 heteroatoms. The van der Waals surface area contributed by atoms with Gasteiger partial charge in [0.05, 0.1) is 6.61 Å². The largest absolute Gasteiger partial charge is 0.462 e. The normalized spacial score (nSPS) is 13.1. The molecular formula is C79H132O5. The van der Waals surface area contributed by atoms with Crippen molar-refractivity contribution in [1.29, 1.82) is 0 Å². The lowest BCUT2D eigenvalue weighted by atomic mass is 10.0. The van der Waals surface area contributed by atoms with E-state index in [4.69, 9.17) is 9.47 Å². The van der Waals surface area contributed by atoms with Crippen molar-refractivity contribution >= 4 is 11.9 Å². The minimum absolute atomic E-state index is 0.0765.